The van der Waals surface area contributed by atoms with E-state index in [2.05, 4.69) is 10.2 Å². The number of nitrogens with zero attached hydrogens (tertiary/aromatic N) is 2. The highest BCUT2D eigenvalue weighted by Gasteiger charge is 2.43. The molecule has 2 heterocycles. The van der Waals surface area contributed by atoms with E-state index in [-0.39, 0.29) is 11.6 Å². The number of aliphatic imine (C=N–C) groups is 1. The molecule has 0 radical (unpaired) electrons. The van der Waals surface area contributed by atoms with Gasteiger partial charge < -0.3 is 15.0 Å². The minimum Gasteiger partial charge on any atom is -0.478 e. The van der Waals surface area contributed by atoms with E-state index in [0.717, 1.165) is 25.2 Å². The van der Waals surface area contributed by atoms with Gasteiger partial charge in [0, 0.05) is 29.9 Å². The van der Waals surface area contributed by atoms with Gasteiger partial charge in [-0.2, -0.15) is 0 Å². The molecule has 1 N–H and O–H groups in total. The van der Waals surface area contributed by atoms with Gasteiger partial charge in [-0.15, -0.1) is 0 Å². The number of Topliss-reactive ketones (excluding diaryl/α,β-unsaturated/α-hetero) is 2. The number of para-hydroxylation sites is 1. The lowest BCUT2D eigenvalue weighted by Gasteiger charge is -2.34. The zero-order valence-corrected chi connectivity index (χ0v) is 18.6. The number of rotatable bonds is 4. The molecule has 0 saturated carbocycles. The number of benzene rings is 2. The summed E-state index contributed by atoms with van der Waals surface area (Å²) in [5.74, 6) is 0.379. The van der Waals surface area contributed by atoms with E-state index < -0.39 is 6.10 Å². The molecule has 2 aliphatic heterocycles. The van der Waals surface area contributed by atoms with Gasteiger partial charge in [-0.1, -0.05) is 36.4 Å². The van der Waals surface area contributed by atoms with Crippen molar-refractivity contribution in [1.82, 2.24) is 10.2 Å². The first kappa shape index (κ1) is 20.1. The minimum absolute atomic E-state index is 0.142. The van der Waals surface area contributed by atoms with Crippen LogP contribution in [0.25, 0.3) is 0 Å². The second-order valence-electron chi connectivity index (χ2n) is 8.97. The number of carbonyl (C=O) groups excluding carboxylic acids is 2. The zero-order valence-electron chi connectivity index (χ0n) is 18.6. The largest absolute Gasteiger partial charge is 0.478 e. The number of nitrogens with one attached hydrogen (secondary N) is 1. The minimum atomic E-state index is -0.519. The second-order valence-corrected chi connectivity index (χ2v) is 8.97. The fourth-order valence-corrected chi connectivity index (χ4v) is 5.17. The smallest absolute Gasteiger partial charge is 0.196 e. The fraction of sp³-hybridized carbons (Fsp3) is 0.296. The Kier molecular flexibility index (Phi) is 4.76. The number of carbonyl (C=O) groups is 2. The van der Waals surface area contributed by atoms with Crippen LogP contribution < -0.4 is 10.1 Å². The highest BCUT2D eigenvalue weighted by atomic mass is 16.5. The summed E-state index contributed by atoms with van der Waals surface area (Å²) in [4.78, 5) is 34.6. The van der Waals surface area contributed by atoms with E-state index >= 15 is 0 Å². The third-order valence-electron chi connectivity index (χ3n) is 6.86. The van der Waals surface area contributed by atoms with Crippen molar-refractivity contribution in [3.63, 3.8) is 0 Å². The van der Waals surface area contributed by atoms with E-state index in [1.165, 1.54) is 12.8 Å². The number of allylic oxidation sites excluding steroid dienone is 1. The second kappa shape index (κ2) is 7.81. The van der Waals surface area contributed by atoms with Crippen LogP contribution in [0, 0.1) is 6.92 Å². The highest BCUT2D eigenvalue weighted by Crippen LogP contribution is 2.42. The maximum absolute atomic E-state index is 13.7. The average Bonchev–Trinajstić information content (AvgIpc) is 3.35. The van der Waals surface area contributed by atoms with Gasteiger partial charge in [0.25, 0.3) is 0 Å². The monoisotopic (exact) mass is 439 g/mol. The van der Waals surface area contributed by atoms with Crippen LogP contribution in [0.3, 0.4) is 0 Å². The van der Waals surface area contributed by atoms with Crippen molar-refractivity contribution in [1.29, 1.82) is 0 Å². The number of hydrogen-bond donors (Lipinski definition) is 1. The molecule has 33 heavy (non-hydrogen) atoms. The summed E-state index contributed by atoms with van der Waals surface area (Å²) in [6.07, 6.45) is 3.85. The van der Waals surface area contributed by atoms with Gasteiger partial charge in [0.2, 0.25) is 0 Å². The Bertz CT molecular complexity index is 1280. The van der Waals surface area contributed by atoms with E-state index in [1.807, 2.05) is 31.2 Å². The van der Waals surface area contributed by atoms with Gasteiger partial charge in [-0.3, -0.25) is 9.59 Å². The van der Waals surface area contributed by atoms with Crippen LogP contribution in [-0.4, -0.2) is 54.5 Å². The van der Waals surface area contributed by atoms with Crippen LogP contribution in [0.15, 0.2) is 70.4 Å². The summed E-state index contributed by atoms with van der Waals surface area (Å²) in [6, 6.07) is 12.8. The van der Waals surface area contributed by atoms with E-state index in [4.69, 9.17) is 9.73 Å². The molecule has 1 unspecified atom stereocenters. The Balaban J connectivity index is 1.44. The predicted octanol–water partition coefficient (Wildman–Crippen LogP) is 3.79. The quantitative estimate of drug-likeness (QED) is 0.785. The van der Waals surface area contributed by atoms with Gasteiger partial charge in [0.05, 0.1) is 16.9 Å². The Morgan fingerprint density at radius 2 is 1.73 bits per heavy atom. The molecular weight excluding hydrogens is 414 g/mol. The number of likely N-dealkylation sites (tertiary alicyclic amines) is 1. The molecule has 6 rings (SSSR count). The molecule has 2 aromatic rings. The molecule has 6 heteroatoms. The lowest BCUT2D eigenvalue weighted by atomic mass is 9.76. The first-order chi connectivity index (χ1) is 16.1. The third-order valence-corrected chi connectivity index (χ3v) is 6.86. The predicted molar refractivity (Wildman–Crippen MR) is 127 cm³/mol. The maximum Gasteiger partial charge on any atom is 0.196 e. The molecule has 2 aromatic carbocycles. The summed E-state index contributed by atoms with van der Waals surface area (Å²) in [6.45, 7) is 5.78. The van der Waals surface area contributed by atoms with E-state index in [0.29, 0.717) is 51.7 Å². The van der Waals surface area contributed by atoms with Crippen LogP contribution in [0.2, 0.25) is 0 Å². The van der Waals surface area contributed by atoms with Crippen molar-refractivity contribution in [3.8, 4) is 5.75 Å². The molecule has 1 atom stereocenters. The number of ether oxygens (including phenoxy) is 1. The number of ketones is 2. The zero-order chi connectivity index (χ0) is 22.5. The molecule has 1 fully saturated rings. The van der Waals surface area contributed by atoms with E-state index in [1.54, 1.807) is 24.3 Å². The summed E-state index contributed by atoms with van der Waals surface area (Å²) >= 11 is 0. The summed E-state index contributed by atoms with van der Waals surface area (Å²) in [7, 11) is 0. The molecule has 2 aliphatic carbocycles. The Morgan fingerprint density at radius 1 is 1.00 bits per heavy atom. The third kappa shape index (κ3) is 3.25. The lowest BCUT2D eigenvalue weighted by molar-refractivity contribution is 0.0978. The lowest BCUT2D eigenvalue weighted by Crippen LogP contribution is -2.42. The molecule has 0 bridgehead atoms. The normalized spacial score (nSPS) is 21.4. The van der Waals surface area contributed by atoms with Crippen molar-refractivity contribution in [2.45, 2.75) is 25.9 Å². The van der Waals surface area contributed by atoms with Crippen LogP contribution in [0.1, 0.15) is 39.1 Å². The van der Waals surface area contributed by atoms with Crippen molar-refractivity contribution in [3.05, 3.63) is 82.1 Å². The van der Waals surface area contributed by atoms with Crippen molar-refractivity contribution >= 4 is 23.0 Å². The molecule has 4 aliphatic rings. The number of fused-ring (bicyclic) bond motifs is 4. The molecular formula is C27H25N3O3. The SMILES string of the molecule is Cc1cccc2c1N=C1C3=C(C(=O)c4ccccc4C3=O)C(NCCN3CCCC3)=CC1O2. The van der Waals surface area contributed by atoms with Crippen LogP contribution in [-0.2, 0) is 0 Å². The van der Waals surface area contributed by atoms with Gasteiger partial charge in [0.15, 0.2) is 17.7 Å². The van der Waals surface area contributed by atoms with Gasteiger partial charge in [-0.25, -0.2) is 4.99 Å². The molecule has 0 aromatic heterocycles. The molecule has 6 nitrogen and oxygen atoms in total. The van der Waals surface area contributed by atoms with Crippen LogP contribution in [0.4, 0.5) is 5.69 Å². The van der Waals surface area contributed by atoms with Gasteiger partial charge >= 0.3 is 0 Å². The van der Waals surface area contributed by atoms with Crippen molar-refractivity contribution in [2.75, 3.05) is 26.2 Å². The number of hydrogen-bond acceptors (Lipinski definition) is 6. The molecule has 0 amide bonds. The maximum atomic E-state index is 13.7. The standard InChI is InChI=1S/C27H25N3O3/c1-16-7-6-10-20-24(16)29-25-21(33-20)15-19(28-11-14-30-12-4-5-13-30)22-23(25)27(32)18-9-3-2-8-17(18)26(22)31/h2-3,6-10,15,21,28H,4-5,11-14H2,1H3. The average molecular weight is 440 g/mol. The van der Waals surface area contributed by atoms with Crippen molar-refractivity contribution in [2.24, 2.45) is 4.99 Å². The van der Waals surface area contributed by atoms with Gasteiger partial charge in [0.1, 0.15) is 11.4 Å². The van der Waals surface area contributed by atoms with Crippen LogP contribution >= 0.6 is 0 Å². The van der Waals surface area contributed by atoms with Gasteiger partial charge in [-0.05, 0) is 50.6 Å². The summed E-state index contributed by atoms with van der Waals surface area (Å²) in [5, 5.41) is 3.45. The first-order valence-electron chi connectivity index (χ1n) is 11.6. The molecule has 0 spiro atoms. The topological polar surface area (TPSA) is 71.0 Å². The summed E-state index contributed by atoms with van der Waals surface area (Å²) < 4.78 is 6.29. The number of aryl methyl sites for hydroxylation is 1. The first-order valence-corrected chi connectivity index (χ1v) is 11.6. The fourth-order valence-electron chi connectivity index (χ4n) is 5.17. The Hall–Kier alpha value is -3.51. The highest BCUT2D eigenvalue weighted by molar-refractivity contribution is 6.40. The summed E-state index contributed by atoms with van der Waals surface area (Å²) in [5.41, 5.74) is 4.52. The Morgan fingerprint density at radius 3 is 2.48 bits per heavy atom. The Labute approximate surface area is 192 Å². The van der Waals surface area contributed by atoms with E-state index in [9.17, 15) is 9.59 Å². The van der Waals surface area contributed by atoms with Crippen LogP contribution in [0.5, 0.6) is 5.75 Å². The molecule has 1 saturated heterocycles. The molecule has 166 valence electrons. The van der Waals surface area contributed by atoms with Crippen molar-refractivity contribution < 1.29 is 14.3 Å².